The zero-order chi connectivity index (χ0) is 19.3. The van der Waals surface area contributed by atoms with Crippen molar-refractivity contribution in [3.8, 4) is 11.1 Å². The van der Waals surface area contributed by atoms with E-state index in [4.69, 9.17) is 16.0 Å². The first-order valence-corrected chi connectivity index (χ1v) is 10.3. The molecule has 2 aliphatic carbocycles. The molecule has 1 heterocycles. The molecule has 142 valence electrons. The van der Waals surface area contributed by atoms with E-state index in [1.165, 1.54) is 33.4 Å². The van der Waals surface area contributed by atoms with Gasteiger partial charge in [-0.25, -0.2) is 0 Å². The predicted octanol–water partition coefficient (Wildman–Crippen LogP) is 6.51. The molecule has 0 N–H and O–H groups in total. The first kappa shape index (κ1) is 17.6. The third-order valence-corrected chi connectivity index (χ3v) is 6.49. The fraction of sp³-hybridized carbons (Fsp3) is 0.280. The first-order valence-electron chi connectivity index (χ1n) is 9.96. The summed E-state index contributed by atoms with van der Waals surface area (Å²) in [4.78, 5) is 2.13. The number of anilines is 1. The lowest BCUT2D eigenvalue weighted by molar-refractivity contribution is 0.484. The van der Waals surface area contributed by atoms with E-state index in [2.05, 4.69) is 61.5 Å². The summed E-state index contributed by atoms with van der Waals surface area (Å²) in [6, 6.07) is 13.0. The highest BCUT2D eigenvalue weighted by Gasteiger charge is 2.28. The lowest BCUT2D eigenvalue weighted by Crippen LogP contribution is -2.16. The molecule has 0 saturated heterocycles. The van der Waals surface area contributed by atoms with Gasteiger partial charge in [-0.3, -0.25) is 0 Å². The maximum atomic E-state index is 6.67. The highest BCUT2D eigenvalue weighted by Crippen LogP contribution is 2.45. The van der Waals surface area contributed by atoms with Crippen molar-refractivity contribution in [3.05, 3.63) is 81.8 Å². The number of benzene rings is 2. The highest BCUT2D eigenvalue weighted by atomic mass is 35.5. The van der Waals surface area contributed by atoms with E-state index in [0.29, 0.717) is 5.92 Å². The molecule has 0 spiro atoms. The van der Waals surface area contributed by atoms with Gasteiger partial charge in [0.1, 0.15) is 5.76 Å². The molecule has 2 nitrogen and oxygen atoms in total. The molecule has 0 bridgehead atoms. The van der Waals surface area contributed by atoms with Crippen LogP contribution in [0.5, 0.6) is 0 Å². The van der Waals surface area contributed by atoms with E-state index in [0.717, 1.165) is 42.2 Å². The summed E-state index contributed by atoms with van der Waals surface area (Å²) in [5.41, 5.74) is 9.46. The van der Waals surface area contributed by atoms with Crippen molar-refractivity contribution in [2.24, 2.45) is 0 Å². The smallest absolute Gasteiger partial charge is 0.104 e. The van der Waals surface area contributed by atoms with Crippen LogP contribution in [0.25, 0.3) is 17.2 Å². The second-order valence-corrected chi connectivity index (χ2v) is 8.47. The van der Waals surface area contributed by atoms with Gasteiger partial charge in [-0.05, 0) is 82.8 Å². The van der Waals surface area contributed by atoms with Crippen LogP contribution in [0.1, 0.15) is 40.4 Å². The second-order valence-electron chi connectivity index (χ2n) is 8.06. The Bertz CT molecular complexity index is 1060. The minimum absolute atomic E-state index is 0.468. The fourth-order valence-electron chi connectivity index (χ4n) is 4.79. The van der Waals surface area contributed by atoms with Crippen molar-refractivity contribution in [2.75, 3.05) is 19.0 Å². The predicted molar refractivity (Wildman–Crippen MR) is 117 cm³/mol. The summed E-state index contributed by atoms with van der Waals surface area (Å²) < 4.78 is 5.66. The van der Waals surface area contributed by atoms with Crippen molar-refractivity contribution in [1.82, 2.24) is 0 Å². The number of furan rings is 1. The summed E-state index contributed by atoms with van der Waals surface area (Å²) in [5, 5.41) is 0.886. The molecule has 2 aliphatic rings. The zero-order valence-corrected chi connectivity index (χ0v) is 17.1. The lowest BCUT2D eigenvalue weighted by atomic mass is 9.75. The van der Waals surface area contributed by atoms with Crippen LogP contribution < -0.4 is 4.90 Å². The van der Waals surface area contributed by atoms with E-state index in [1.807, 2.05) is 6.07 Å². The van der Waals surface area contributed by atoms with Gasteiger partial charge < -0.3 is 9.32 Å². The van der Waals surface area contributed by atoms with Crippen LogP contribution in [0, 0.1) is 0 Å². The fourth-order valence-corrected chi connectivity index (χ4v) is 5.10. The van der Waals surface area contributed by atoms with Gasteiger partial charge in [0.25, 0.3) is 0 Å². The first-order chi connectivity index (χ1) is 13.6. The molecule has 28 heavy (non-hydrogen) atoms. The third kappa shape index (κ3) is 2.87. The van der Waals surface area contributed by atoms with Crippen molar-refractivity contribution < 1.29 is 4.42 Å². The Labute approximate surface area is 171 Å². The minimum atomic E-state index is 0.468. The summed E-state index contributed by atoms with van der Waals surface area (Å²) in [6.07, 6.45) is 10.4. The molecule has 0 fully saturated rings. The Balaban J connectivity index is 1.66. The van der Waals surface area contributed by atoms with E-state index in [9.17, 15) is 0 Å². The molecule has 1 atom stereocenters. The number of rotatable bonds is 3. The van der Waals surface area contributed by atoms with E-state index >= 15 is 0 Å². The topological polar surface area (TPSA) is 16.4 Å². The van der Waals surface area contributed by atoms with Crippen LogP contribution >= 0.6 is 11.6 Å². The molecule has 0 amide bonds. The van der Waals surface area contributed by atoms with Gasteiger partial charge in [-0.15, -0.1) is 0 Å². The van der Waals surface area contributed by atoms with Crippen LogP contribution in [0.3, 0.4) is 0 Å². The average Bonchev–Trinajstić information content (AvgIpc) is 3.20. The standard InChI is InChI=1S/C25H24ClNO/c1-27(2)18-14-23-20-9-8-16-5-3-6-17(13-19-7-4-12-28-19)25(16)22(20)11-10-21(23)24(26)15-18/h3-5,7-9,12,14-15,17H,6,10-11,13H2,1-2H3. The van der Waals surface area contributed by atoms with Crippen LogP contribution in [-0.2, 0) is 19.3 Å². The summed E-state index contributed by atoms with van der Waals surface area (Å²) >= 11 is 6.67. The van der Waals surface area contributed by atoms with Gasteiger partial charge in [0.05, 0.1) is 6.26 Å². The Morgan fingerprint density at radius 1 is 1.07 bits per heavy atom. The largest absolute Gasteiger partial charge is 0.469 e. The molecule has 0 aliphatic heterocycles. The molecule has 0 radical (unpaired) electrons. The molecular weight excluding hydrogens is 366 g/mol. The minimum Gasteiger partial charge on any atom is -0.469 e. The molecule has 1 aromatic heterocycles. The number of hydrogen-bond acceptors (Lipinski definition) is 2. The maximum absolute atomic E-state index is 6.67. The third-order valence-electron chi connectivity index (χ3n) is 6.16. The SMILES string of the molecule is CN(C)c1cc(Cl)c2c(c1)-c1ccc3c(c1CC2)C(Cc1ccco1)CC=C3. The van der Waals surface area contributed by atoms with E-state index < -0.39 is 0 Å². The lowest BCUT2D eigenvalue weighted by Gasteiger charge is -2.30. The van der Waals surface area contributed by atoms with Crippen molar-refractivity contribution in [1.29, 1.82) is 0 Å². The van der Waals surface area contributed by atoms with Gasteiger partial charge in [0.15, 0.2) is 0 Å². The summed E-state index contributed by atoms with van der Waals surface area (Å²) in [7, 11) is 4.14. The second kappa shape index (κ2) is 6.86. The van der Waals surface area contributed by atoms with Crippen molar-refractivity contribution in [3.63, 3.8) is 0 Å². The molecule has 3 heteroatoms. The molecule has 0 saturated carbocycles. The number of nitrogens with zero attached hydrogens (tertiary/aromatic N) is 1. The van der Waals surface area contributed by atoms with Crippen LogP contribution in [-0.4, -0.2) is 14.1 Å². The van der Waals surface area contributed by atoms with Crippen molar-refractivity contribution >= 4 is 23.4 Å². The summed E-state index contributed by atoms with van der Waals surface area (Å²) in [6.45, 7) is 0. The number of halogens is 1. The summed E-state index contributed by atoms with van der Waals surface area (Å²) in [5.74, 6) is 1.54. The van der Waals surface area contributed by atoms with E-state index in [1.54, 1.807) is 6.26 Å². The number of hydrogen-bond donors (Lipinski definition) is 0. The normalized spacial score (nSPS) is 17.0. The monoisotopic (exact) mass is 389 g/mol. The van der Waals surface area contributed by atoms with E-state index in [-0.39, 0.29) is 0 Å². The molecule has 1 unspecified atom stereocenters. The van der Waals surface area contributed by atoms with Gasteiger partial charge >= 0.3 is 0 Å². The Kier molecular flexibility index (Phi) is 4.32. The zero-order valence-electron chi connectivity index (χ0n) is 16.3. The number of allylic oxidation sites excluding steroid dienone is 1. The van der Waals surface area contributed by atoms with Gasteiger partial charge in [-0.1, -0.05) is 35.9 Å². The van der Waals surface area contributed by atoms with Gasteiger partial charge in [0, 0.05) is 31.2 Å². The maximum Gasteiger partial charge on any atom is 0.104 e. The van der Waals surface area contributed by atoms with Gasteiger partial charge in [0.2, 0.25) is 0 Å². The van der Waals surface area contributed by atoms with Crippen LogP contribution in [0.4, 0.5) is 5.69 Å². The quantitative estimate of drug-likeness (QED) is 0.507. The Hall–Kier alpha value is -2.45. The Morgan fingerprint density at radius 2 is 1.93 bits per heavy atom. The molecule has 3 aromatic rings. The Morgan fingerprint density at radius 3 is 2.71 bits per heavy atom. The van der Waals surface area contributed by atoms with Crippen LogP contribution in [0.15, 0.2) is 53.2 Å². The van der Waals surface area contributed by atoms with Crippen LogP contribution in [0.2, 0.25) is 5.02 Å². The van der Waals surface area contributed by atoms with Crippen molar-refractivity contribution in [2.45, 2.75) is 31.6 Å². The number of fused-ring (bicyclic) bond motifs is 5. The average molecular weight is 390 g/mol. The highest BCUT2D eigenvalue weighted by molar-refractivity contribution is 6.32. The molecule has 2 aromatic carbocycles. The molecule has 5 rings (SSSR count). The molecular formula is C25H24ClNO. The van der Waals surface area contributed by atoms with Gasteiger partial charge in [-0.2, -0.15) is 0 Å².